The Labute approximate surface area is 96.5 Å². The van der Waals surface area contributed by atoms with Crippen LogP contribution < -0.4 is 16.5 Å². The highest BCUT2D eigenvalue weighted by Crippen LogP contribution is 2.04. The van der Waals surface area contributed by atoms with Crippen LogP contribution in [0.25, 0.3) is 0 Å². The van der Waals surface area contributed by atoms with Crippen molar-refractivity contribution >= 4 is 29.0 Å². The van der Waals surface area contributed by atoms with Crippen LogP contribution in [0.2, 0.25) is 0 Å². The van der Waals surface area contributed by atoms with E-state index in [1.54, 1.807) is 17.6 Å². The van der Waals surface area contributed by atoms with Gasteiger partial charge >= 0.3 is 0 Å². The van der Waals surface area contributed by atoms with Gasteiger partial charge in [-0.05, 0) is 24.4 Å². The SMILES string of the molecule is NC(=NC(=S)Nc1ccccc1)N[N+](=O)[O-]. The van der Waals surface area contributed by atoms with Crippen molar-refractivity contribution in [3.8, 4) is 0 Å². The minimum atomic E-state index is -0.816. The second-order valence-corrected chi connectivity index (χ2v) is 3.05. The number of nitrogens with zero attached hydrogens (tertiary/aromatic N) is 2. The number of hydrazine groups is 1. The number of anilines is 1. The number of guanidine groups is 1. The van der Waals surface area contributed by atoms with Crippen LogP contribution in [-0.4, -0.2) is 16.1 Å². The fourth-order valence-corrected chi connectivity index (χ4v) is 1.12. The first-order valence-corrected chi connectivity index (χ1v) is 4.60. The number of rotatable bonds is 2. The highest BCUT2D eigenvalue weighted by Gasteiger charge is 2.01. The Hall–Kier alpha value is -2.22. The molecule has 1 aromatic rings. The van der Waals surface area contributed by atoms with Crippen molar-refractivity contribution in [3.63, 3.8) is 0 Å². The quantitative estimate of drug-likeness (QED) is 0.228. The van der Waals surface area contributed by atoms with Gasteiger partial charge in [0.2, 0.25) is 5.11 Å². The lowest BCUT2D eigenvalue weighted by Gasteiger charge is -2.03. The molecule has 7 nitrogen and oxygen atoms in total. The minimum Gasteiger partial charge on any atom is -0.365 e. The number of nitrogens with two attached hydrogens (primary N) is 1. The maximum Gasteiger partial charge on any atom is 0.258 e. The van der Waals surface area contributed by atoms with Crippen molar-refractivity contribution in [2.45, 2.75) is 0 Å². The fraction of sp³-hybridized carbons (Fsp3) is 0. The Balaban J connectivity index is 2.57. The van der Waals surface area contributed by atoms with Gasteiger partial charge in [-0.1, -0.05) is 23.6 Å². The first kappa shape index (κ1) is 11.9. The van der Waals surface area contributed by atoms with E-state index in [1.807, 2.05) is 18.2 Å². The van der Waals surface area contributed by atoms with E-state index in [4.69, 9.17) is 18.0 Å². The zero-order chi connectivity index (χ0) is 12.0. The summed E-state index contributed by atoms with van der Waals surface area (Å²) in [5.41, 5.74) is 7.61. The Kier molecular flexibility index (Phi) is 4.16. The predicted molar refractivity (Wildman–Crippen MR) is 64.4 cm³/mol. The Morgan fingerprint density at radius 1 is 1.44 bits per heavy atom. The summed E-state index contributed by atoms with van der Waals surface area (Å²) in [6.07, 6.45) is 0. The van der Waals surface area contributed by atoms with Gasteiger partial charge in [-0.25, -0.2) is 10.1 Å². The zero-order valence-corrected chi connectivity index (χ0v) is 8.90. The van der Waals surface area contributed by atoms with Gasteiger partial charge in [0.15, 0.2) is 5.03 Å². The van der Waals surface area contributed by atoms with Crippen LogP contribution in [0.15, 0.2) is 35.3 Å². The summed E-state index contributed by atoms with van der Waals surface area (Å²) in [6.45, 7) is 0. The number of hydrogen-bond donors (Lipinski definition) is 3. The van der Waals surface area contributed by atoms with Crippen LogP contribution in [-0.2, 0) is 0 Å². The average molecular weight is 239 g/mol. The second-order valence-electron chi connectivity index (χ2n) is 2.66. The molecular formula is C8H9N5O2S. The van der Waals surface area contributed by atoms with E-state index in [0.717, 1.165) is 5.69 Å². The summed E-state index contributed by atoms with van der Waals surface area (Å²) in [7, 11) is 0. The monoisotopic (exact) mass is 239 g/mol. The van der Waals surface area contributed by atoms with Gasteiger partial charge < -0.3 is 11.1 Å². The summed E-state index contributed by atoms with van der Waals surface area (Å²) in [6, 6.07) is 9.03. The molecule has 84 valence electrons. The first-order valence-electron chi connectivity index (χ1n) is 4.19. The Morgan fingerprint density at radius 2 is 2.06 bits per heavy atom. The van der Waals surface area contributed by atoms with E-state index in [-0.39, 0.29) is 11.1 Å². The van der Waals surface area contributed by atoms with E-state index < -0.39 is 5.03 Å². The van der Waals surface area contributed by atoms with Gasteiger partial charge in [-0.3, -0.25) is 0 Å². The van der Waals surface area contributed by atoms with E-state index >= 15 is 0 Å². The van der Waals surface area contributed by atoms with Crippen molar-refractivity contribution in [1.82, 2.24) is 5.43 Å². The number of benzene rings is 1. The molecule has 16 heavy (non-hydrogen) atoms. The number of para-hydroxylation sites is 1. The lowest BCUT2D eigenvalue weighted by Crippen LogP contribution is -2.37. The molecule has 0 aromatic heterocycles. The van der Waals surface area contributed by atoms with Crippen LogP contribution in [0, 0.1) is 10.1 Å². The Bertz CT molecular complexity index is 420. The standard InChI is InChI=1S/C8H9N5O2S/c9-7(12-13(14)15)11-8(16)10-6-4-2-1-3-5-6/h1-5H,(H4,9,10,11,12,16). The van der Waals surface area contributed by atoms with E-state index in [0.29, 0.717) is 0 Å². The van der Waals surface area contributed by atoms with Crippen LogP contribution in [0.5, 0.6) is 0 Å². The van der Waals surface area contributed by atoms with E-state index in [2.05, 4.69) is 10.3 Å². The molecular weight excluding hydrogens is 230 g/mol. The molecule has 0 radical (unpaired) electrons. The maximum atomic E-state index is 10.0. The maximum absolute atomic E-state index is 10.0. The molecule has 0 aliphatic heterocycles. The zero-order valence-electron chi connectivity index (χ0n) is 8.08. The summed E-state index contributed by atoms with van der Waals surface area (Å²) >= 11 is 4.82. The summed E-state index contributed by atoms with van der Waals surface area (Å²) < 4.78 is 0. The molecule has 0 unspecified atom stereocenters. The predicted octanol–water partition coefficient (Wildman–Crippen LogP) is 0.479. The summed E-state index contributed by atoms with van der Waals surface area (Å²) in [5, 5.41) is 12.0. The van der Waals surface area contributed by atoms with Gasteiger partial charge in [-0.2, -0.15) is 4.99 Å². The smallest absolute Gasteiger partial charge is 0.258 e. The first-order chi connectivity index (χ1) is 7.58. The molecule has 0 aliphatic rings. The Morgan fingerprint density at radius 3 is 2.62 bits per heavy atom. The van der Waals surface area contributed by atoms with Crippen molar-refractivity contribution < 1.29 is 5.03 Å². The molecule has 0 amide bonds. The summed E-state index contributed by atoms with van der Waals surface area (Å²) in [5.74, 6) is -0.376. The van der Waals surface area contributed by atoms with Crippen LogP contribution in [0.3, 0.4) is 0 Å². The van der Waals surface area contributed by atoms with Crippen molar-refractivity contribution in [1.29, 1.82) is 0 Å². The van der Waals surface area contributed by atoms with Crippen molar-refractivity contribution in [3.05, 3.63) is 40.4 Å². The second kappa shape index (κ2) is 5.61. The largest absolute Gasteiger partial charge is 0.365 e. The van der Waals surface area contributed by atoms with Crippen LogP contribution >= 0.6 is 12.2 Å². The van der Waals surface area contributed by atoms with Gasteiger partial charge in [0.25, 0.3) is 5.96 Å². The number of nitrogens with one attached hydrogen (secondary N) is 2. The number of thiocarbonyl (C=S) groups is 1. The molecule has 0 spiro atoms. The van der Waals surface area contributed by atoms with Crippen molar-refractivity contribution in [2.24, 2.45) is 10.7 Å². The summed E-state index contributed by atoms with van der Waals surface area (Å²) in [4.78, 5) is 13.6. The minimum absolute atomic E-state index is 0.0399. The lowest BCUT2D eigenvalue weighted by molar-refractivity contribution is -0.525. The molecule has 0 saturated heterocycles. The molecule has 1 aromatic carbocycles. The third kappa shape index (κ3) is 4.33. The molecule has 0 aliphatic carbocycles. The average Bonchev–Trinajstić information content (AvgIpc) is 2.17. The van der Waals surface area contributed by atoms with Gasteiger partial charge in [0.1, 0.15) is 0 Å². The van der Waals surface area contributed by atoms with E-state index in [1.165, 1.54) is 0 Å². The molecule has 0 saturated carbocycles. The highest BCUT2D eigenvalue weighted by molar-refractivity contribution is 7.80. The van der Waals surface area contributed by atoms with Gasteiger partial charge in [-0.15, -0.1) is 0 Å². The topological polar surface area (TPSA) is 106 Å². The van der Waals surface area contributed by atoms with Crippen LogP contribution in [0.4, 0.5) is 5.69 Å². The normalized spacial score (nSPS) is 10.6. The molecule has 0 fully saturated rings. The van der Waals surface area contributed by atoms with Crippen LogP contribution in [0.1, 0.15) is 0 Å². The third-order valence-electron chi connectivity index (χ3n) is 1.45. The number of nitro groups is 1. The molecule has 4 N–H and O–H groups in total. The fourth-order valence-electron chi connectivity index (χ4n) is 0.901. The number of hydrogen-bond acceptors (Lipinski definition) is 3. The highest BCUT2D eigenvalue weighted by atomic mass is 32.1. The van der Waals surface area contributed by atoms with Gasteiger partial charge in [0, 0.05) is 5.69 Å². The van der Waals surface area contributed by atoms with Gasteiger partial charge in [0.05, 0.1) is 0 Å². The van der Waals surface area contributed by atoms with E-state index in [9.17, 15) is 10.1 Å². The van der Waals surface area contributed by atoms with Crippen molar-refractivity contribution in [2.75, 3.05) is 5.32 Å². The molecule has 1 rings (SSSR count). The molecule has 0 heterocycles. The number of aliphatic imine (C=N–C) groups is 1. The molecule has 8 heteroatoms. The molecule has 0 bridgehead atoms. The third-order valence-corrected chi connectivity index (χ3v) is 1.65. The lowest BCUT2D eigenvalue weighted by atomic mass is 10.3. The molecule has 0 atom stereocenters.